The average molecular weight is 354 g/mol. The van der Waals surface area contributed by atoms with Gasteiger partial charge in [0.1, 0.15) is 0 Å². The van der Waals surface area contributed by atoms with Gasteiger partial charge in [-0.15, -0.1) is 0 Å². The minimum absolute atomic E-state index is 0.0412. The van der Waals surface area contributed by atoms with E-state index in [4.69, 9.17) is 0 Å². The highest BCUT2D eigenvalue weighted by Gasteiger charge is 2.19. The summed E-state index contributed by atoms with van der Waals surface area (Å²) in [6.07, 6.45) is 2.47. The Hall–Kier alpha value is -2.63. The summed E-state index contributed by atoms with van der Waals surface area (Å²) in [5.74, 6) is 0.0396. The Labute approximate surface area is 154 Å². The molecule has 0 atom stereocenters. The molecule has 0 radical (unpaired) electrons. The zero-order valence-corrected chi connectivity index (χ0v) is 15.7. The van der Waals surface area contributed by atoms with Gasteiger partial charge in [-0.3, -0.25) is 14.3 Å². The Morgan fingerprint density at radius 3 is 2.58 bits per heavy atom. The van der Waals surface area contributed by atoms with Crippen LogP contribution in [0.2, 0.25) is 0 Å². The van der Waals surface area contributed by atoms with E-state index in [0.717, 1.165) is 48.4 Å². The Morgan fingerprint density at radius 1 is 1.19 bits per heavy atom. The Morgan fingerprint density at radius 2 is 1.92 bits per heavy atom. The zero-order chi connectivity index (χ0) is 18.7. The van der Waals surface area contributed by atoms with E-state index in [0.29, 0.717) is 18.5 Å². The number of hydrogen-bond acceptors (Lipinski definition) is 3. The maximum Gasteiger partial charge on any atom is 0.253 e. The van der Waals surface area contributed by atoms with Crippen LogP contribution in [0.15, 0.2) is 24.3 Å². The van der Waals surface area contributed by atoms with Gasteiger partial charge in [0.05, 0.1) is 12.1 Å². The molecule has 6 heteroatoms. The molecule has 138 valence electrons. The smallest absolute Gasteiger partial charge is 0.253 e. The molecule has 6 nitrogen and oxygen atoms in total. The van der Waals surface area contributed by atoms with Crippen LogP contribution in [0.5, 0.6) is 0 Å². The summed E-state index contributed by atoms with van der Waals surface area (Å²) in [6.45, 7) is 5.98. The van der Waals surface area contributed by atoms with E-state index in [-0.39, 0.29) is 11.8 Å². The van der Waals surface area contributed by atoms with Gasteiger partial charge in [-0.2, -0.15) is 5.10 Å². The monoisotopic (exact) mass is 354 g/mol. The number of amides is 2. The number of likely N-dealkylation sites (tertiary alicyclic amines) is 1. The number of carbonyl (C=O) groups excluding carboxylic acids is 2. The van der Waals surface area contributed by atoms with Crippen LogP contribution in [-0.2, 0) is 24.8 Å². The lowest BCUT2D eigenvalue weighted by molar-refractivity contribution is -0.120. The highest BCUT2D eigenvalue weighted by atomic mass is 16.2. The van der Waals surface area contributed by atoms with Crippen molar-refractivity contribution in [1.82, 2.24) is 20.0 Å². The molecule has 1 aromatic heterocycles. The lowest BCUT2D eigenvalue weighted by Gasteiger charge is -2.15. The fraction of sp³-hybridized carbons (Fsp3) is 0.450. The molecule has 0 bridgehead atoms. The van der Waals surface area contributed by atoms with Crippen molar-refractivity contribution in [3.8, 4) is 0 Å². The molecule has 1 aliphatic rings. The summed E-state index contributed by atoms with van der Waals surface area (Å²) < 4.78 is 1.80. The second-order valence-electron chi connectivity index (χ2n) is 6.93. The van der Waals surface area contributed by atoms with Gasteiger partial charge in [0.15, 0.2) is 0 Å². The first kappa shape index (κ1) is 18.2. The largest absolute Gasteiger partial charge is 0.352 e. The highest BCUT2D eigenvalue weighted by Crippen LogP contribution is 2.15. The van der Waals surface area contributed by atoms with Gasteiger partial charge in [0.2, 0.25) is 5.91 Å². The number of nitrogens with zero attached hydrogens (tertiary/aromatic N) is 3. The van der Waals surface area contributed by atoms with Crippen molar-refractivity contribution in [2.24, 2.45) is 7.05 Å². The molecular weight excluding hydrogens is 328 g/mol. The van der Waals surface area contributed by atoms with Crippen LogP contribution in [0.4, 0.5) is 0 Å². The number of carbonyl (C=O) groups is 2. The van der Waals surface area contributed by atoms with Crippen LogP contribution in [0.25, 0.3) is 0 Å². The standard InChI is InChI=1S/C20H26N4O2/c1-14-18(15(2)23(3)22-14)12-19(25)21-13-16-7-6-8-17(11-16)20(26)24-9-4-5-10-24/h6-8,11H,4-5,9-10,12-13H2,1-3H3,(H,21,25). The second-order valence-corrected chi connectivity index (χ2v) is 6.93. The molecule has 26 heavy (non-hydrogen) atoms. The van der Waals surface area contributed by atoms with Crippen molar-refractivity contribution in [1.29, 1.82) is 0 Å². The van der Waals surface area contributed by atoms with Crippen LogP contribution in [0.3, 0.4) is 0 Å². The van der Waals surface area contributed by atoms with Gasteiger partial charge >= 0.3 is 0 Å². The predicted molar refractivity (Wildman–Crippen MR) is 99.8 cm³/mol. The number of nitrogens with one attached hydrogen (secondary N) is 1. The first-order chi connectivity index (χ1) is 12.5. The number of aromatic nitrogens is 2. The van der Waals surface area contributed by atoms with Crippen LogP contribution >= 0.6 is 0 Å². The number of benzene rings is 1. The fourth-order valence-electron chi connectivity index (χ4n) is 3.41. The van der Waals surface area contributed by atoms with E-state index in [1.165, 1.54) is 0 Å². The Balaban J connectivity index is 1.60. The molecule has 1 aromatic carbocycles. The maximum atomic E-state index is 12.5. The first-order valence-corrected chi connectivity index (χ1v) is 9.09. The first-order valence-electron chi connectivity index (χ1n) is 9.09. The minimum atomic E-state index is -0.0412. The van der Waals surface area contributed by atoms with Crippen molar-refractivity contribution in [3.63, 3.8) is 0 Å². The molecule has 3 rings (SSSR count). The molecule has 0 saturated carbocycles. The molecule has 1 saturated heterocycles. The van der Waals surface area contributed by atoms with E-state index >= 15 is 0 Å². The average Bonchev–Trinajstić information content (AvgIpc) is 3.24. The normalized spacial score (nSPS) is 13.9. The van der Waals surface area contributed by atoms with E-state index in [2.05, 4.69) is 10.4 Å². The molecular formula is C20H26N4O2. The fourth-order valence-corrected chi connectivity index (χ4v) is 3.41. The van der Waals surface area contributed by atoms with Gasteiger partial charge in [0.25, 0.3) is 5.91 Å². The van der Waals surface area contributed by atoms with Crippen molar-refractivity contribution in [2.75, 3.05) is 13.1 Å². The van der Waals surface area contributed by atoms with Crippen LogP contribution < -0.4 is 5.32 Å². The van der Waals surface area contributed by atoms with E-state index in [1.807, 2.05) is 50.1 Å². The summed E-state index contributed by atoms with van der Waals surface area (Å²) in [4.78, 5) is 26.7. The van der Waals surface area contributed by atoms with Gasteiger partial charge in [-0.1, -0.05) is 12.1 Å². The topological polar surface area (TPSA) is 67.2 Å². The van der Waals surface area contributed by atoms with Gasteiger partial charge in [-0.25, -0.2) is 0 Å². The lowest BCUT2D eigenvalue weighted by Crippen LogP contribution is -2.28. The van der Waals surface area contributed by atoms with Crippen LogP contribution in [-0.4, -0.2) is 39.6 Å². The zero-order valence-electron chi connectivity index (χ0n) is 15.7. The van der Waals surface area contributed by atoms with Gasteiger partial charge < -0.3 is 10.2 Å². The molecule has 0 aliphatic carbocycles. The van der Waals surface area contributed by atoms with Crippen LogP contribution in [0, 0.1) is 13.8 Å². The number of rotatable bonds is 5. The van der Waals surface area contributed by atoms with Crippen LogP contribution in [0.1, 0.15) is 45.7 Å². The van der Waals surface area contributed by atoms with Gasteiger partial charge in [-0.05, 0) is 44.4 Å². The predicted octanol–water partition coefficient (Wildman–Crippen LogP) is 2.13. The second kappa shape index (κ2) is 7.72. The molecule has 2 heterocycles. The SMILES string of the molecule is Cc1nn(C)c(C)c1CC(=O)NCc1cccc(C(=O)N2CCCC2)c1. The molecule has 1 aliphatic heterocycles. The van der Waals surface area contributed by atoms with Crippen molar-refractivity contribution in [2.45, 2.75) is 39.7 Å². The third kappa shape index (κ3) is 3.95. The molecule has 1 N–H and O–H groups in total. The van der Waals surface area contributed by atoms with Gasteiger partial charge in [0, 0.05) is 43.5 Å². The summed E-state index contributed by atoms with van der Waals surface area (Å²) in [5, 5.41) is 7.29. The molecule has 0 unspecified atom stereocenters. The summed E-state index contributed by atoms with van der Waals surface area (Å²) in [6, 6.07) is 7.53. The quantitative estimate of drug-likeness (QED) is 0.894. The molecule has 2 amide bonds. The van der Waals surface area contributed by atoms with Crippen molar-refractivity contribution < 1.29 is 9.59 Å². The third-order valence-electron chi connectivity index (χ3n) is 5.05. The van der Waals surface area contributed by atoms with E-state index in [9.17, 15) is 9.59 Å². The molecule has 2 aromatic rings. The lowest BCUT2D eigenvalue weighted by atomic mass is 10.1. The van der Waals surface area contributed by atoms with E-state index < -0.39 is 0 Å². The summed E-state index contributed by atoms with van der Waals surface area (Å²) in [5.41, 5.74) is 4.50. The van der Waals surface area contributed by atoms with E-state index in [1.54, 1.807) is 4.68 Å². The van der Waals surface area contributed by atoms with Crippen molar-refractivity contribution in [3.05, 3.63) is 52.3 Å². The minimum Gasteiger partial charge on any atom is -0.352 e. The Bertz CT molecular complexity index is 819. The number of hydrogen-bond donors (Lipinski definition) is 1. The molecule has 0 spiro atoms. The maximum absolute atomic E-state index is 12.5. The molecule has 1 fully saturated rings. The summed E-state index contributed by atoms with van der Waals surface area (Å²) in [7, 11) is 1.88. The number of aryl methyl sites for hydroxylation is 2. The summed E-state index contributed by atoms with van der Waals surface area (Å²) >= 11 is 0. The third-order valence-corrected chi connectivity index (χ3v) is 5.05. The Kier molecular flexibility index (Phi) is 5.40. The van der Waals surface area contributed by atoms with Crippen molar-refractivity contribution >= 4 is 11.8 Å². The highest BCUT2D eigenvalue weighted by molar-refractivity contribution is 5.94.